The molecule has 0 unspecified atom stereocenters. The van der Waals surface area contributed by atoms with Gasteiger partial charge in [0, 0.05) is 12.4 Å². The minimum absolute atomic E-state index is 0.356. The van der Waals surface area contributed by atoms with Gasteiger partial charge in [-0.15, -0.1) is 0 Å². The number of nitrogens with zero attached hydrogens (tertiary/aromatic N) is 2. The molecule has 0 spiro atoms. The Hall–Kier alpha value is -1.16. The summed E-state index contributed by atoms with van der Waals surface area (Å²) < 4.78 is 5.26. The van der Waals surface area contributed by atoms with Crippen LogP contribution in [0.5, 0.6) is 5.88 Å². The number of aromatic nitrogens is 2. The molecule has 1 fully saturated rings. The molecule has 1 aromatic rings. The lowest BCUT2D eigenvalue weighted by molar-refractivity contribution is 0.219. The van der Waals surface area contributed by atoms with Crippen LogP contribution in [0, 0.1) is 5.92 Å². The Balaban J connectivity index is 2.21. The zero-order chi connectivity index (χ0) is 12.3. The van der Waals surface area contributed by atoms with Crippen molar-refractivity contribution in [3.8, 4) is 5.88 Å². The normalized spacial score (nSPS) is 29.0. The predicted octanol–water partition coefficient (Wildman–Crippen LogP) is 2.24. The lowest BCUT2D eigenvalue weighted by Crippen LogP contribution is -2.41. The first-order chi connectivity index (χ1) is 8.19. The topological polar surface area (TPSA) is 61.0 Å². The van der Waals surface area contributed by atoms with Gasteiger partial charge in [-0.1, -0.05) is 13.3 Å². The summed E-state index contributed by atoms with van der Waals surface area (Å²) in [5.74, 6) is 1.39. The molecular weight excluding hydrogens is 214 g/mol. The third kappa shape index (κ3) is 2.41. The fraction of sp³-hybridized carbons (Fsp3) is 0.692. The van der Waals surface area contributed by atoms with Gasteiger partial charge < -0.3 is 10.5 Å². The van der Waals surface area contributed by atoms with E-state index in [-0.39, 0.29) is 5.54 Å². The van der Waals surface area contributed by atoms with E-state index in [2.05, 4.69) is 16.9 Å². The molecule has 0 bridgehead atoms. The van der Waals surface area contributed by atoms with Crippen molar-refractivity contribution in [2.45, 2.75) is 44.6 Å². The van der Waals surface area contributed by atoms with Crippen molar-refractivity contribution in [1.29, 1.82) is 0 Å². The molecule has 0 aliphatic heterocycles. The van der Waals surface area contributed by atoms with Crippen molar-refractivity contribution in [2.75, 3.05) is 7.11 Å². The second-order valence-electron chi connectivity index (χ2n) is 4.92. The summed E-state index contributed by atoms with van der Waals surface area (Å²) in [5, 5.41) is 0. The summed E-state index contributed by atoms with van der Waals surface area (Å²) in [5.41, 5.74) is 6.95. The van der Waals surface area contributed by atoms with Crippen molar-refractivity contribution < 1.29 is 4.74 Å². The number of nitrogens with two attached hydrogens (primary N) is 1. The van der Waals surface area contributed by atoms with Gasteiger partial charge in [-0.25, -0.2) is 4.98 Å². The Morgan fingerprint density at radius 2 is 2.00 bits per heavy atom. The quantitative estimate of drug-likeness (QED) is 0.872. The molecule has 4 nitrogen and oxygen atoms in total. The van der Waals surface area contributed by atoms with Gasteiger partial charge in [0.1, 0.15) is 5.69 Å². The lowest BCUT2D eigenvalue weighted by Gasteiger charge is -2.36. The largest absolute Gasteiger partial charge is 0.480 e. The number of rotatable bonds is 3. The number of hydrogen-bond acceptors (Lipinski definition) is 4. The minimum atomic E-state index is -0.356. The molecule has 0 amide bonds. The highest BCUT2D eigenvalue weighted by Crippen LogP contribution is 2.40. The van der Waals surface area contributed by atoms with Gasteiger partial charge in [-0.05, 0) is 31.6 Å². The first-order valence-electron chi connectivity index (χ1n) is 6.34. The summed E-state index contributed by atoms with van der Waals surface area (Å²) in [6, 6.07) is 0. The molecule has 0 saturated heterocycles. The van der Waals surface area contributed by atoms with Gasteiger partial charge in [-0.3, -0.25) is 4.98 Å². The third-order valence-corrected chi connectivity index (χ3v) is 3.90. The van der Waals surface area contributed by atoms with Crippen LogP contribution >= 0.6 is 0 Å². The van der Waals surface area contributed by atoms with Crippen LogP contribution in [0.3, 0.4) is 0 Å². The molecule has 1 aliphatic carbocycles. The highest BCUT2D eigenvalue weighted by molar-refractivity contribution is 5.26. The Morgan fingerprint density at radius 1 is 1.35 bits per heavy atom. The van der Waals surface area contributed by atoms with Crippen LogP contribution < -0.4 is 10.5 Å². The molecule has 4 heteroatoms. The highest BCUT2D eigenvalue weighted by atomic mass is 16.5. The number of ether oxygens (including phenoxy) is 1. The Labute approximate surface area is 103 Å². The van der Waals surface area contributed by atoms with Gasteiger partial charge in [0.15, 0.2) is 0 Å². The monoisotopic (exact) mass is 235 g/mol. The fourth-order valence-electron chi connectivity index (χ4n) is 2.65. The van der Waals surface area contributed by atoms with E-state index in [0.717, 1.165) is 24.5 Å². The number of methoxy groups -OCH3 is 1. The Kier molecular flexibility index (Phi) is 3.62. The van der Waals surface area contributed by atoms with E-state index in [4.69, 9.17) is 10.5 Å². The average Bonchev–Trinajstić information content (AvgIpc) is 2.39. The van der Waals surface area contributed by atoms with E-state index in [1.54, 1.807) is 19.5 Å². The van der Waals surface area contributed by atoms with Crippen molar-refractivity contribution in [3.63, 3.8) is 0 Å². The van der Waals surface area contributed by atoms with Crippen molar-refractivity contribution in [3.05, 3.63) is 18.1 Å². The van der Waals surface area contributed by atoms with Crippen LogP contribution in [-0.4, -0.2) is 17.1 Å². The summed E-state index contributed by atoms with van der Waals surface area (Å²) in [6.45, 7) is 2.25. The first-order valence-corrected chi connectivity index (χ1v) is 6.34. The zero-order valence-electron chi connectivity index (χ0n) is 10.6. The van der Waals surface area contributed by atoms with Crippen LogP contribution in [0.2, 0.25) is 0 Å². The maximum Gasteiger partial charge on any atom is 0.237 e. The Bertz CT molecular complexity index is 373. The van der Waals surface area contributed by atoms with Gasteiger partial charge in [0.2, 0.25) is 5.88 Å². The molecule has 1 saturated carbocycles. The molecule has 17 heavy (non-hydrogen) atoms. The van der Waals surface area contributed by atoms with Gasteiger partial charge in [0.25, 0.3) is 0 Å². The van der Waals surface area contributed by atoms with Crippen LogP contribution in [0.4, 0.5) is 0 Å². The molecule has 2 N–H and O–H groups in total. The average molecular weight is 235 g/mol. The molecular formula is C13H21N3O. The van der Waals surface area contributed by atoms with Crippen LogP contribution in [-0.2, 0) is 5.54 Å². The van der Waals surface area contributed by atoms with E-state index in [0.29, 0.717) is 5.88 Å². The smallest absolute Gasteiger partial charge is 0.237 e. The fourth-order valence-corrected chi connectivity index (χ4v) is 2.65. The van der Waals surface area contributed by atoms with Crippen molar-refractivity contribution >= 4 is 0 Å². The lowest BCUT2D eigenvalue weighted by atomic mass is 9.74. The second kappa shape index (κ2) is 5.00. The minimum Gasteiger partial charge on any atom is -0.480 e. The van der Waals surface area contributed by atoms with Crippen molar-refractivity contribution in [1.82, 2.24) is 9.97 Å². The van der Waals surface area contributed by atoms with Gasteiger partial charge in [0.05, 0.1) is 12.6 Å². The van der Waals surface area contributed by atoms with E-state index in [9.17, 15) is 0 Å². The van der Waals surface area contributed by atoms with Crippen LogP contribution in [0.15, 0.2) is 12.4 Å². The molecule has 94 valence electrons. The second-order valence-corrected chi connectivity index (χ2v) is 4.92. The summed E-state index contributed by atoms with van der Waals surface area (Å²) in [4.78, 5) is 8.58. The first kappa shape index (κ1) is 12.3. The van der Waals surface area contributed by atoms with E-state index in [1.807, 2.05) is 0 Å². The van der Waals surface area contributed by atoms with E-state index < -0.39 is 0 Å². The summed E-state index contributed by atoms with van der Waals surface area (Å²) in [7, 11) is 1.62. The van der Waals surface area contributed by atoms with Crippen molar-refractivity contribution in [2.24, 2.45) is 11.7 Å². The Morgan fingerprint density at radius 3 is 2.59 bits per heavy atom. The van der Waals surface area contributed by atoms with Crippen LogP contribution in [0.25, 0.3) is 0 Å². The molecule has 0 aromatic carbocycles. The van der Waals surface area contributed by atoms with Gasteiger partial charge >= 0.3 is 0 Å². The molecule has 1 aromatic heterocycles. The molecule has 0 atom stereocenters. The summed E-state index contributed by atoms with van der Waals surface area (Å²) >= 11 is 0. The maximum absolute atomic E-state index is 6.49. The third-order valence-electron chi connectivity index (χ3n) is 3.90. The predicted molar refractivity (Wildman–Crippen MR) is 66.7 cm³/mol. The summed E-state index contributed by atoms with van der Waals surface area (Å²) in [6.07, 6.45) is 8.87. The standard InChI is InChI=1S/C13H21N3O/c1-3-10-4-6-13(14,7-5-10)11-12(17-2)16-9-8-15-11/h8-10H,3-7,14H2,1-2H3. The zero-order valence-corrected chi connectivity index (χ0v) is 10.6. The molecule has 1 aliphatic rings. The van der Waals surface area contributed by atoms with Crippen LogP contribution in [0.1, 0.15) is 44.7 Å². The molecule has 0 radical (unpaired) electrons. The SMILES string of the molecule is CCC1CCC(N)(c2nccnc2OC)CC1. The number of hydrogen-bond donors (Lipinski definition) is 1. The van der Waals surface area contributed by atoms with Gasteiger partial charge in [-0.2, -0.15) is 0 Å². The molecule has 1 heterocycles. The highest BCUT2D eigenvalue weighted by Gasteiger charge is 2.36. The van der Waals surface area contributed by atoms with E-state index >= 15 is 0 Å². The maximum atomic E-state index is 6.49. The van der Waals surface area contributed by atoms with E-state index in [1.165, 1.54) is 19.3 Å². The molecule has 2 rings (SSSR count).